The number of carbonyl (C=O) groups excluding carboxylic acids is 1. The standard InChI is InChI=1S/C22H22O2/c23-22(24-15-16-8-2-1-3-9-16)21-19-12-6-4-10-17(19)14-18-11-5-7-13-20(18)21/h4-7,10-14,16H,1-3,8-9,15H2. The first kappa shape index (κ1) is 15.2. The lowest BCUT2D eigenvalue weighted by Gasteiger charge is -2.21. The molecular weight excluding hydrogens is 296 g/mol. The van der Waals surface area contributed by atoms with E-state index in [1.165, 1.54) is 32.1 Å². The maximum absolute atomic E-state index is 12.9. The lowest BCUT2D eigenvalue weighted by Crippen LogP contribution is -2.17. The average Bonchev–Trinajstić information content (AvgIpc) is 2.65. The van der Waals surface area contributed by atoms with Gasteiger partial charge in [0.2, 0.25) is 0 Å². The van der Waals surface area contributed by atoms with Gasteiger partial charge in [0, 0.05) is 0 Å². The predicted octanol–water partition coefficient (Wildman–Crippen LogP) is 5.73. The largest absolute Gasteiger partial charge is 0.462 e. The van der Waals surface area contributed by atoms with E-state index in [0.717, 1.165) is 21.5 Å². The van der Waals surface area contributed by atoms with E-state index in [1.54, 1.807) is 0 Å². The second kappa shape index (κ2) is 6.64. The van der Waals surface area contributed by atoms with Crippen LogP contribution in [0, 0.1) is 5.92 Å². The lowest BCUT2D eigenvalue weighted by molar-refractivity contribution is 0.0415. The Balaban J connectivity index is 1.71. The van der Waals surface area contributed by atoms with Crippen LogP contribution in [0.4, 0.5) is 0 Å². The van der Waals surface area contributed by atoms with Crippen LogP contribution in [0.3, 0.4) is 0 Å². The van der Waals surface area contributed by atoms with Crippen molar-refractivity contribution in [2.24, 2.45) is 5.92 Å². The molecule has 0 atom stereocenters. The van der Waals surface area contributed by atoms with Crippen LogP contribution in [0.1, 0.15) is 42.5 Å². The molecule has 2 heteroatoms. The summed E-state index contributed by atoms with van der Waals surface area (Å²) in [5.74, 6) is 0.345. The number of ether oxygens (including phenoxy) is 1. The van der Waals surface area contributed by atoms with Crippen molar-refractivity contribution in [1.82, 2.24) is 0 Å². The Hall–Kier alpha value is -2.35. The Kier molecular flexibility index (Phi) is 4.20. The van der Waals surface area contributed by atoms with E-state index < -0.39 is 0 Å². The fraction of sp³-hybridized carbons (Fsp3) is 0.318. The Labute approximate surface area is 142 Å². The van der Waals surface area contributed by atoms with E-state index in [2.05, 4.69) is 18.2 Å². The van der Waals surface area contributed by atoms with Crippen LogP contribution in [0.25, 0.3) is 21.5 Å². The first-order valence-electron chi connectivity index (χ1n) is 8.90. The van der Waals surface area contributed by atoms with Crippen molar-refractivity contribution >= 4 is 27.5 Å². The molecule has 3 aromatic rings. The normalized spacial score (nSPS) is 15.7. The number of esters is 1. The molecule has 0 radical (unpaired) electrons. The number of hydrogen-bond donors (Lipinski definition) is 0. The van der Waals surface area contributed by atoms with E-state index in [9.17, 15) is 4.79 Å². The van der Waals surface area contributed by atoms with Gasteiger partial charge in [-0.1, -0.05) is 67.8 Å². The second-order valence-electron chi connectivity index (χ2n) is 6.80. The molecule has 1 aliphatic rings. The lowest BCUT2D eigenvalue weighted by atomic mass is 9.90. The topological polar surface area (TPSA) is 26.3 Å². The Morgan fingerprint density at radius 3 is 2.08 bits per heavy atom. The summed E-state index contributed by atoms with van der Waals surface area (Å²) in [6.45, 7) is 0.552. The molecular formula is C22H22O2. The maximum atomic E-state index is 12.9. The summed E-state index contributed by atoms with van der Waals surface area (Å²) < 4.78 is 5.74. The van der Waals surface area contributed by atoms with Crippen molar-refractivity contribution in [2.75, 3.05) is 6.61 Å². The molecule has 1 fully saturated rings. The zero-order valence-corrected chi connectivity index (χ0v) is 13.8. The molecule has 0 spiro atoms. The minimum absolute atomic E-state index is 0.187. The number of benzene rings is 3. The third kappa shape index (κ3) is 2.89. The van der Waals surface area contributed by atoms with Gasteiger partial charge in [0.1, 0.15) is 0 Å². The summed E-state index contributed by atoms with van der Waals surface area (Å²) in [4.78, 5) is 12.9. The molecule has 2 nitrogen and oxygen atoms in total. The maximum Gasteiger partial charge on any atom is 0.339 e. The quantitative estimate of drug-likeness (QED) is 0.455. The Morgan fingerprint density at radius 1 is 0.875 bits per heavy atom. The third-order valence-corrected chi connectivity index (χ3v) is 5.15. The number of carbonyl (C=O) groups is 1. The number of hydrogen-bond acceptors (Lipinski definition) is 2. The van der Waals surface area contributed by atoms with Gasteiger partial charge >= 0.3 is 5.97 Å². The van der Waals surface area contributed by atoms with E-state index in [1.807, 2.05) is 36.4 Å². The van der Waals surface area contributed by atoms with Crippen molar-refractivity contribution in [3.8, 4) is 0 Å². The van der Waals surface area contributed by atoms with Crippen LogP contribution in [-0.2, 0) is 4.74 Å². The fourth-order valence-corrected chi connectivity index (χ4v) is 3.85. The summed E-state index contributed by atoms with van der Waals surface area (Å²) in [6.07, 6.45) is 6.21. The molecule has 1 aliphatic carbocycles. The van der Waals surface area contributed by atoms with Crippen LogP contribution in [0.2, 0.25) is 0 Å². The smallest absolute Gasteiger partial charge is 0.339 e. The molecule has 0 N–H and O–H groups in total. The average molecular weight is 318 g/mol. The first-order valence-corrected chi connectivity index (χ1v) is 8.90. The van der Waals surface area contributed by atoms with Gasteiger partial charge in [0.05, 0.1) is 12.2 Å². The Morgan fingerprint density at radius 2 is 1.46 bits per heavy atom. The molecule has 0 saturated heterocycles. The molecule has 0 heterocycles. The molecule has 0 amide bonds. The summed E-state index contributed by atoms with van der Waals surface area (Å²) in [5.41, 5.74) is 0.708. The summed E-state index contributed by atoms with van der Waals surface area (Å²) in [7, 11) is 0. The molecule has 0 aliphatic heterocycles. The van der Waals surface area contributed by atoms with Crippen LogP contribution >= 0.6 is 0 Å². The van der Waals surface area contributed by atoms with E-state index >= 15 is 0 Å². The van der Waals surface area contributed by atoms with Crippen molar-refractivity contribution in [3.05, 3.63) is 60.2 Å². The van der Waals surface area contributed by atoms with Crippen LogP contribution in [0.15, 0.2) is 54.6 Å². The zero-order valence-electron chi connectivity index (χ0n) is 13.8. The van der Waals surface area contributed by atoms with Crippen LogP contribution in [0.5, 0.6) is 0 Å². The van der Waals surface area contributed by atoms with Crippen molar-refractivity contribution in [2.45, 2.75) is 32.1 Å². The Bertz CT molecular complexity index is 821. The highest BCUT2D eigenvalue weighted by Gasteiger charge is 2.19. The molecule has 4 rings (SSSR count). The summed E-state index contributed by atoms with van der Waals surface area (Å²) in [6, 6.07) is 18.3. The minimum Gasteiger partial charge on any atom is -0.462 e. The highest BCUT2D eigenvalue weighted by molar-refractivity contribution is 6.16. The van der Waals surface area contributed by atoms with Crippen LogP contribution in [-0.4, -0.2) is 12.6 Å². The molecule has 3 aromatic carbocycles. The van der Waals surface area contributed by atoms with E-state index in [-0.39, 0.29) is 5.97 Å². The first-order chi connectivity index (χ1) is 11.8. The number of rotatable bonds is 3. The fourth-order valence-electron chi connectivity index (χ4n) is 3.85. The van der Waals surface area contributed by atoms with E-state index in [0.29, 0.717) is 18.1 Å². The molecule has 0 aromatic heterocycles. The van der Waals surface area contributed by atoms with Gasteiger partial charge in [-0.2, -0.15) is 0 Å². The van der Waals surface area contributed by atoms with Gasteiger partial charge in [-0.3, -0.25) is 0 Å². The van der Waals surface area contributed by atoms with Crippen LogP contribution < -0.4 is 0 Å². The summed E-state index contributed by atoms with van der Waals surface area (Å²) >= 11 is 0. The monoisotopic (exact) mass is 318 g/mol. The molecule has 24 heavy (non-hydrogen) atoms. The van der Waals surface area contributed by atoms with Crippen molar-refractivity contribution < 1.29 is 9.53 Å². The van der Waals surface area contributed by atoms with Gasteiger partial charge in [0.15, 0.2) is 0 Å². The van der Waals surface area contributed by atoms with Crippen molar-refractivity contribution in [3.63, 3.8) is 0 Å². The van der Waals surface area contributed by atoms with Gasteiger partial charge in [-0.15, -0.1) is 0 Å². The third-order valence-electron chi connectivity index (χ3n) is 5.15. The SMILES string of the molecule is O=C(OCC1CCCCC1)c1c2ccccc2cc2ccccc12. The second-order valence-corrected chi connectivity index (χ2v) is 6.80. The number of fused-ring (bicyclic) bond motifs is 2. The molecule has 1 saturated carbocycles. The highest BCUT2D eigenvalue weighted by Crippen LogP contribution is 2.30. The predicted molar refractivity (Wildman–Crippen MR) is 98.3 cm³/mol. The van der Waals surface area contributed by atoms with Crippen molar-refractivity contribution in [1.29, 1.82) is 0 Å². The van der Waals surface area contributed by atoms with Gasteiger partial charge in [0.25, 0.3) is 0 Å². The minimum atomic E-state index is -0.187. The van der Waals surface area contributed by atoms with E-state index in [4.69, 9.17) is 4.74 Å². The highest BCUT2D eigenvalue weighted by atomic mass is 16.5. The van der Waals surface area contributed by atoms with Gasteiger partial charge in [-0.25, -0.2) is 4.79 Å². The zero-order chi connectivity index (χ0) is 16.4. The molecule has 0 bridgehead atoms. The molecule has 0 unspecified atom stereocenters. The van der Waals surface area contributed by atoms with Gasteiger partial charge in [-0.05, 0) is 46.4 Å². The van der Waals surface area contributed by atoms with Gasteiger partial charge < -0.3 is 4.74 Å². The summed E-state index contributed by atoms with van der Waals surface area (Å²) in [5, 5.41) is 4.12. The molecule has 122 valence electrons.